The van der Waals surface area contributed by atoms with Crippen molar-refractivity contribution in [2.45, 2.75) is 32.2 Å². The van der Waals surface area contributed by atoms with Gasteiger partial charge in [0.1, 0.15) is 11.6 Å². The zero-order valence-corrected chi connectivity index (χ0v) is 16.6. The Hall–Kier alpha value is -2.47. The highest BCUT2D eigenvalue weighted by Crippen LogP contribution is 2.34. The van der Waals surface area contributed by atoms with Crippen LogP contribution in [0.4, 0.5) is 10.1 Å². The number of hydrogen-bond acceptors (Lipinski definition) is 4. The second kappa shape index (κ2) is 8.05. The predicted molar refractivity (Wildman–Crippen MR) is 109 cm³/mol. The van der Waals surface area contributed by atoms with E-state index in [1.165, 1.54) is 17.8 Å². The number of benzene rings is 2. The fraction of sp³-hybridized carbons (Fsp3) is 0.286. The molecule has 142 valence electrons. The second-order valence-electron chi connectivity index (χ2n) is 6.71. The van der Waals surface area contributed by atoms with Gasteiger partial charge in [0.05, 0.1) is 17.7 Å². The summed E-state index contributed by atoms with van der Waals surface area (Å²) in [6, 6.07) is 10.5. The van der Waals surface area contributed by atoms with Gasteiger partial charge in [0.2, 0.25) is 0 Å². The van der Waals surface area contributed by atoms with Crippen molar-refractivity contribution in [3.05, 3.63) is 63.8 Å². The number of rotatable bonds is 5. The molecule has 1 aliphatic heterocycles. The lowest BCUT2D eigenvalue weighted by Crippen LogP contribution is -2.31. The van der Waals surface area contributed by atoms with Crippen LogP contribution in [0.3, 0.4) is 0 Å². The third kappa shape index (κ3) is 4.27. The number of hydrogen-bond donors (Lipinski definition) is 2. The highest BCUT2D eigenvalue weighted by atomic mass is 32.2. The molecule has 2 N–H and O–H groups in total. The topological polar surface area (TPSA) is 50.4 Å². The molecule has 3 rings (SSSR count). The highest BCUT2D eigenvalue weighted by molar-refractivity contribution is 8.05. The molecule has 4 nitrogen and oxygen atoms in total. The molecule has 6 heteroatoms. The lowest BCUT2D eigenvalue weighted by molar-refractivity contribution is -0.116. The SMILES string of the molecule is COc1cc(C)c(/C=C2\SC(Nc3ccccc3F)NC2=O)cc1C(C)C. The molecule has 0 bridgehead atoms. The number of carbonyl (C=O) groups excluding carboxylic acids is 1. The Balaban J connectivity index is 1.84. The lowest BCUT2D eigenvalue weighted by atomic mass is 9.96. The van der Waals surface area contributed by atoms with E-state index in [1.54, 1.807) is 25.3 Å². The molecular formula is C21H23FN2O2S. The standard InChI is InChI=1S/C21H23FN2O2S/c1-12(2)15-10-14(13(3)9-18(15)26-4)11-19-20(25)24-21(27-19)23-17-8-6-5-7-16(17)22/h5-12,21,23H,1-4H3,(H,24,25)/b19-11-. The van der Waals surface area contributed by atoms with Crippen molar-refractivity contribution < 1.29 is 13.9 Å². The molecule has 27 heavy (non-hydrogen) atoms. The molecule has 2 aromatic rings. The van der Waals surface area contributed by atoms with Gasteiger partial charge in [0.15, 0.2) is 5.50 Å². The smallest absolute Gasteiger partial charge is 0.260 e. The van der Waals surface area contributed by atoms with Crippen molar-refractivity contribution in [3.8, 4) is 5.75 Å². The Morgan fingerprint density at radius 3 is 2.70 bits per heavy atom. The van der Waals surface area contributed by atoms with Crippen LogP contribution in [0.2, 0.25) is 0 Å². The number of halogens is 1. The summed E-state index contributed by atoms with van der Waals surface area (Å²) in [4.78, 5) is 12.9. The summed E-state index contributed by atoms with van der Waals surface area (Å²) in [7, 11) is 1.66. The van der Waals surface area contributed by atoms with Crippen LogP contribution in [-0.4, -0.2) is 18.5 Å². The Morgan fingerprint density at radius 2 is 2.04 bits per heavy atom. The number of ether oxygens (including phenoxy) is 1. The van der Waals surface area contributed by atoms with Gasteiger partial charge < -0.3 is 15.4 Å². The number of nitrogens with one attached hydrogen (secondary N) is 2. The van der Waals surface area contributed by atoms with Gasteiger partial charge >= 0.3 is 0 Å². The number of methoxy groups -OCH3 is 1. The number of thioether (sulfide) groups is 1. The molecule has 2 aromatic carbocycles. The molecule has 0 aromatic heterocycles. The maximum atomic E-state index is 13.8. The fourth-order valence-electron chi connectivity index (χ4n) is 2.93. The molecule has 1 saturated heterocycles. The molecule has 1 atom stereocenters. The maximum absolute atomic E-state index is 13.8. The van der Waals surface area contributed by atoms with E-state index in [4.69, 9.17) is 4.74 Å². The normalized spacial score (nSPS) is 18.1. The van der Waals surface area contributed by atoms with Crippen LogP contribution in [-0.2, 0) is 4.79 Å². The van der Waals surface area contributed by atoms with Crippen LogP contribution in [0.5, 0.6) is 5.75 Å². The zero-order valence-electron chi connectivity index (χ0n) is 15.8. The molecule has 0 aliphatic carbocycles. The highest BCUT2D eigenvalue weighted by Gasteiger charge is 2.28. The van der Waals surface area contributed by atoms with Crippen LogP contribution >= 0.6 is 11.8 Å². The first-order valence-electron chi connectivity index (χ1n) is 8.78. The van der Waals surface area contributed by atoms with Crippen molar-refractivity contribution in [1.29, 1.82) is 0 Å². The van der Waals surface area contributed by atoms with E-state index in [0.717, 1.165) is 22.4 Å². The minimum Gasteiger partial charge on any atom is -0.496 e. The Kier molecular flexibility index (Phi) is 5.75. The van der Waals surface area contributed by atoms with Crippen LogP contribution < -0.4 is 15.4 Å². The van der Waals surface area contributed by atoms with Gasteiger partial charge in [0.25, 0.3) is 5.91 Å². The average molecular weight is 386 g/mol. The average Bonchev–Trinajstić information content (AvgIpc) is 2.97. The number of anilines is 1. The van der Waals surface area contributed by atoms with E-state index in [2.05, 4.69) is 30.5 Å². The van der Waals surface area contributed by atoms with Crippen LogP contribution in [0.1, 0.15) is 36.5 Å². The Labute approximate surface area is 163 Å². The van der Waals surface area contributed by atoms with Gasteiger partial charge in [0, 0.05) is 0 Å². The fourth-order valence-corrected chi connectivity index (χ4v) is 3.89. The summed E-state index contributed by atoms with van der Waals surface area (Å²) < 4.78 is 19.3. The first kappa shape index (κ1) is 19.3. The number of para-hydroxylation sites is 1. The molecule has 0 radical (unpaired) electrons. The molecule has 1 heterocycles. The molecule has 1 fully saturated rings. The van der Waals surface area contributed by atoms with Crippen LogP contribution in [0, 0.1) is 12.7 Å². The van der Waals surface area contributed by atoms with Crippen molar-refractivity contribution in [2.24, 2.45) is 0 Å². The van der Waals surface area contributed by atoms with Gasteiger partial charge in [-0.1, -0.05) is 37.7 Å². The van der Waals surface area contributed by atoms with Crippen molar-refractivity contribution in [3.63, 3.8) is 0 Å². The summed E-state index contributed by atoms with van der Waals surface area (Å²) in [5.41, 5.74) is 3.05. The maximum Gasteiger partial charge on any atom is 0.260 e. The van der Waals surface area contributed by atoms with Crippen LogP contribution in [0.15, 0.2) is 41.3 Å². The van der Waals surface area contributed by atoms with Gasteiger partial charge in [-0.3, -0.25) is 4.79 Å². The first-order chi connectivity index (χ1) is 12.9. The van der Waals surface area contributed by atoms with Crippen molar-refractivity contribution in [2.75, 3.05) is 12.4 Å². The predicted octanol–water partition coefficient (Wildman–Crippen LogP) is 4.87. The third-order valence-electron chi connectivity index (χ3n) is 4.42. The summed E-state index contributed by atoms with van der Waals surface area (Å²) >= 11 is 1.34. The van der Waals surface area contributed by atoms with E-state index in [0.29, 0.717) is 16.5 Å². The summed E-state index contributed by atoms with van der Waals surface area (Å²) in [5, 5.41) is 5.85. The largest absolute Gasteiger partial charge is 0.496 e. The van der Waals surface area contributed by atoms with E-state index in [1.807, 2.05) is 19.1 Å². The van der Waals surface area contributed by atoms with Crippen molar-refractivity contribution in [1.82, 2.24) is 5.32 Å². The minimum absolute atomic E-state index is 0.171. The third-order valence-corrected chi connectivity index (χ3v) is 5.45. The van der Waals surface area contributed by atoms with Gasteiger partial charge in [-0.2, -0.15) is 0 Å². The lowest BCUT2D eigenvalue weighted by Gasteiger charge is -2.15. The zero-order chi connectivity index (χ0) is 19.6. The summed E-state index contributed by atoms with van der Waals surface area (Å²) in [6.07, 6.45) is 1.88. The van der Waals surface area contributed by atoms with Gasteiger partial charge in [-0.05, 0) is 59.9 Å². The van der Waals surface area contributed by atoms with E-state index >= 15 is 0 Å². The Bertz CT molecular complexity index is 896. The van der Waals surface area contributed by atoms with Gasteiger partial charge in [-0.25, -0.2) is 4.39 Å². The summed E-state index contributed by atoms with van der Waals surface area (Å²) in [6.45, 7) is 6.20. The monoisotopic (exact) mass is 386 g/mol. The first-order valence-corrected chi connectivity index (χ1v) is 9.66. The minimum atomic E-state index is -0.413. The number of carbonyl (C=O) groups is 1. The molecule has 1 aliphatic rings. The second-order valence-corrected chi connectivity index (χ2v) is 7.86. The summed E-state index contributed by atoms with van der Waals surface area (Å²) in [5.74, 6) is 0.637. The van der Waals surface area contributed by atoms with E-state index in [9.17, 15) is 9.18 Å². The molecular weight excluding hydrogens is 363 g/mol. The van der Waals surface area contributed by atoms with Crippen molar-refractivity contribution >= 4 is 29.4 Å². The number of aryl methyl sites for hydroxylation is 1. The molecule has 0 spiro atoms. The van der Waals surface area contributed by atoms with Gasteiger partial charge in [-0.15, -0.1) is 0 Å². The van der Waals surface area contributed by atoms with Crippen LogP contribution in [0.25, 0.3) is 6.08 Å². The Morgan fingerprint density at radius 1 is 1.30 bits per heavy atom. The molecule has 1 unspecified atom stereocenters. The number of amides is 1. The quantitative estimate of drug-likeness (QED) is 0.720. The molecule has 1 amide bonds. The van der Waals surface area contributed by atoms with E-state index in [-0.39, 0.29) is 11.7 Å². The van der Waals surface area contributed by atoms with E-state index < -0.39 is 5.50 Å². The molecule has 0 saturated carbocycles.